The second-order valence-electron chi connectivity index (χ2n) is 6.67. The zero-order valence-electron chi connectivity index (χ0n) is 17.4. The summed E-state index contributed by atoms with van der Waals surface area (Å²) in [7, 11) is 0. The highest BCUT2D eigenvalue weighted by Gasteiger charge is 2.13. The molecule has 0 aliphatic carbocycles. The Kier molecular flexibility index (Phi) is 8.06. The molecule has 1 heterocycles. The Labute approximate surface area is 185 Å². The summed E-state index contributed by atoms with van der Waals surface area (Å²) in [4.78, 5) is 23.9. The molecule has 0 radical (unpaired) electrons. The van der Waals surface area contributed by atoms with Gasteiger partial charge in [-0.25, -0.2) is 10.2 Å². The number of esters is 1. The third-order valence-electron chi connectivity index (χ3n) is 4.39. The summed E-state index contributed by atoms with van der Waals surface area (Å²) in [6.07, 6.45) is 1.46. The molecule has 0 spiro atoms. The number of carbonyl (C=O) groups excluding carboxylic acids is 2. The number of carbonyl (C=O) groups is 2. The number of hydrogen-bond acceptors (Lipinski definition) is 6. The van der Waals surface area contributed by atoms with E-state index in [9.17, 15) is 9.59 Å². The first kappa shape index (κ1) is 22.4. The van der Waals surface area contributed by atoms with Crippen LogP contribution >= 0.6 is 11.8 Å². The zero-order chi connectivity index (χ0) is 22.1. The third kappa shape index (κ3) is 6.58. The van der Waals surface area contributed by atoms with Gasteiger partial charge >= 0.3 is 5.97 Å². The number of benzene rings is 2. The van der Waals surface area contributed by atoms with Gasteiger partial charge in [0.1, 0.15) is 11.5 Å². The monoisotopic (exact) mass is 436 g/mol. The van der Waals surface area contributed by atoms with E-state index in [4.69, 9.17) is 9.15 Å². The Balaban J connectivity index is 1.50. The Bertz CT molecular complexity index is 1030. The first-order chi connectivity index (χ1) is 15.1. The second-order valence-corrected chi connectivity index (χ2v) is 8.00. The van der Waals surface area contributed by atoms with Gasteiger partial charge in [-0.1, -0.05) is 42.5 Å². The maximum absolute atomic E-state index is 12.2. The summed E-state index contributed by atoms with van der Waals surface area (Å²) in [5.41, 5.74) is 5.03. The van der Waals surface area contributed by atoms with Gasteiger partial charge in [0.25, 0.3) is 5.91 Å². The van der Waals surface area contributed by atoms with Crippen molar-refractivity contribution in [3.8, 4) is 11.3 Å². The maximum atomic E-state index is 12.2. The molecular weight excluding hydrogens is 412 g/mol. The van der Waals surface area contributed by atoms with Crippen LogP contribution in [0.25, 0.3) is 11.3 Å². The van der Waals surface area contributed by atoms with Gasteiger partial charge in [-0.3, -0.25) is 4.79 Å². The lowest BCUT2D eigenvalue weighted by atomic mass is 10.1. The van der Waals surface area contributed by atoms with E-state index in [2.05, 4.69) is 10.5 Å². The molecule has 0 saturated heterocycles. The van der Waals surface area contributed by atoms with Gasteiger partial charge in [0, 0.05) is 11.3 Å². The van der Waals surface area contributed by atoms with Gasteiger partial charge in [0.15, 0.2) is 0 Å². The SMILES string of the molecule is CCOC(=O)c1ccc(-c2ccc(/C=N/NC(=O)C(C)SCc3ccccc3)o2)cc1. The van der Waals surface area contributed by atoms with Crippen molar-refractivity contribution < 1.29 is 18.7 Å². The molecule has 3 rings (SSSR count). The van der Waals surface area contributed by atoms with Crippen molar-refractivity contribution in [3.05, 3.63) is 83.6 Å². The lowest BCUT2D eigenvalue weighted by Gasteiger charge is -2.09. The van der Waals surface area contributed by atoms with Crippen molar-refractivity contribution in [1.29, 1.82) is 0 Å². The molecule has 1 atom stereocenters. The number of hydrogen-bond donors (Lipinski definition) is 1. The van der Waals surface area contributed by atoms with Crippen LogP contribution in [0.15, 0.2) is 76.2 Å². The quantitative estimate of drug-likeness (QED) is 0.293. The molecule has 2 aromatic carbocycles. The number of rotatable bonds is 9. The van der Waals surface area contributed by atoms with E-state index in [1.54, 1.807) is 55.1 Å². The number of nitrogens with zero attached hydrogens (tertiary/aromatic N) is 1. The summed E-state index contributed by atoms with van der Waals surface area (Å²) in [5, 5.41) is 3.76. The van der Waals surface area contributed by atoms with Gasteiger partial charge in [-0.2, -0.15) is 5.10 Å². The Hall–Kier alpha value is -3.32. The standard InChI is InChI=1S/C24H24N2O4S/c1-3-29-24(28)20-11-9-19(10-12-20)22-14-13-21(30-22)15-25-26-23(27)17(2)31-16-18-7-5-4-6-8-18/h4-15,17H,3,16H2,1-2H3,(H,26,27)/b25-15+. The largest absolute Gasteiger partial charge is 0.462 e. The van der Waals surface area contributed by atoms with Crippen molar-refractivity contribution in [2.45, 2.75) is 24.9 Å². The van der Waals surface area contributed by atoms with Crippen LogP contribution in [0.5, 0.6) is 0 Å². The molecule has 0 aliphatic rings. The summed E-state index contributed by atoms with van der Waals surface area (Å²) >= 11 is 1.55. The summed E-state index contributed by atoms with van der Waals surface area (Å²) in [5.74, 6) is 1.38. The molecule has 0 bridgehead atoms. The van der Waals surface area contributed by atoms with Gasteiger partial charge in [-0.15, -0.1) is 11.8 Å². The first-order valence-corrected chi connectivity index (χ1v) is 11.0. The summed E-state index contributed by atoms with van der Waals surface area (Å²) in [6, 6.07) is 20.5. The Morgan fingerprint density at radius 3 is 2.55 bits per heavy atom. The summed E-state index contributed by atoms with van der Waals surface area (Å²) in [6.45, 7) is 3.96. The molecule has 0 fully saturated rings. The first-order valence-electron chi connectivity index (χ1n) is 9.92. The average Bonchev–Trinajstić information content (AvgIpc) is 3.27. The topological polar surface area (TPSA) is 80.9 Å². The number of hydrazone groups is 1. The van der Waals surface area contributed by atoms with E-state index in [0.717, 1.165) is 11.3 Å². The van der Waals surface area contributed by atoms with E-state index in [0.29, 0.717) is 23.7 Å². The van der Waals surface area contributed by atoms with E-state index in [1.165, 1.54) is 11.8 Å². The molecular formula is C24H24N2O4S. The van der Waals surface area contributed by atoms with Crippen LogP contribution in [-0.2, 0) is 15.3 Å². The Morgan fingerprint density at radius 2 is 1.84 bits per heavy atom. The minimum Gasteiger partial charge on any atom is -0.462 e. The van der Waals surface area contributed by atoms with Crippen LogP contribution in [0, 0.1) is 0 Å². The van der Waals surface area contributed by atoms with E-state index in [1.807, 2.05) is 37.3 Å². The molecule has 7 heteroatoms. The van der Waals surface area contributed by atoms with Gasteiger partial charge < -0.3 is 9.15 Å². The van der Waals surface area contributed by atoms with Crippen LogP contribution in [0.3, 0.4) is 0 Å². The minimum atomic E-state index is -0.354. The molecule has 6 nitrogen and oxygen atoms in total. The lowest BCUT2D eigenvalue weighted by Crippen LogP contribution is -2.26. The number of thioether (sulfide) groups is 1. The highest BCUT2D eigenvalue weighted by molar-refractivity contribution is 7.99. The van der Waals surface area contributed by atoms with Crippen LogP contribution in [0.2, 0.25) is 0 Å². The number of amides is 1. The summed E-state index contributed by atoms with van der Waals surface area (Å²) < 4.78 is 10.7. The van der Waals surface area contributed by atoms with E-state index >= 15 is 0 Å². The van der Waals surface area contributed by atoms with Gasteiger partial charge in [0.05, 0.1) is 23.6 Å². The highest BCUT2D eigenvalue weighted by atomic mass is 32.2. The zero-order valence-corrected chi connectivity index (χ0v) is 18.2. The fourth-order valence-electron chi connectivity index (χ4n) is 2.68. The van der Waals surface area contributed by atoms with Crippen LogP contribution in [0.1, 0.15) is 35.5 Å². The van der Waals surface area contributed by atoms with Crippen molar-refractivity contribution >= 4 is 29.9 Å². The molecule has 1 aromatic heterocycles. The highest BCUT2D eigenvalue weighted by Crippen LogP contribution is 2.22. The smallest absolute Gasteiger partial charge is 0.338 e. The molecule has 3 aromatic rings. The van der Waals surface area contributed by atoms with Crippen molar-refractivity contribution in [2.24, 2.45) is 5.10 Å². The molecule has 31 heavy (non-hydrogen) atoms. The molecule has 0 aliphatic heterocycles. The van der Waals surface area contributed by atoms with Gasteiger partial charge in [-0.05, 0) is 43.7 Å². The predicted molar refractivity (Wildman–Crippen MR) is 123 cm³/mol. The third-order valence-corrected chi connectivity index (χ3v) is 5.60. The molecule has 1 N–H and O–H groups in total. The number of nitrogens with one attached hydrogen (secondary N) is 1. The van der Waals surface area contributed by atoms with Crippen molar-refractivity contribution in [3.63, 3.8) is 0 Å². The van der Waals surface area contributed by atoms with E-state index < -0.39 is 0 Å². The molecule has 1 unspecified atom stereocenters. The molecule has 0 saturated carbocycles. The maximum Gasteiger partial charge on any atom is 0.338 e. The fourth-order valence-corrected chi connectivity index (χ4v) is 3.52. The van der Waals surface area contributed by atoms with Crippen LogP contribution in [0.4, 0.5) is 0 Å². The lowest BCUT2D eigenvalue weighted by molar-refractivity contribution is -0.120. The number of ether oxygens (including phenoxy) is 1. The average molecular weight is 437 g/mol. The normalized spacial score (nSPS) is 11.9. The minimum absolute atomic E-state index is 0.168. The van der Waals surface area contributed by atoms with Crippen LogP contribution < -0.4 is 5.43 Å². The second kappa shape index (κ2) is 11.2. The predicted octanol–water partition coefficient (Wildman–Crippen LogP) is 4.90. The molecule has 1 amide bonds. The molecule has 160 valence electrons. The van der Waals surface area contributed by atoms with E-state index in [-0.39, 0.29) is 17.1 Å². The van der Waals surface area contributed by atoms with Crippen molar-refractivity contribution in [1.82, 2.24) is 5.43 Å². The fraction of sp³-hybridized carbons (Fsp3) is 0.208. The number of furan rings is 1. The Morgan fingerprint density at radius 1 is 1.10 bits per heavy atom. The van der Waals surface area contributed by atoms with Crippen LogP contribution in [-0.4, -0.2) is 29.9 Å². The van der Waals surface area contributed by atoms with Gasteiger partial charge in [0.2, 0.25) is 0 Å². The van der Waals surface area contributed by atoms with Crippen molar-refractivity contribution in [2.75, 3.05) is 6.61 Å².